The molecular weight excluding hydrogens is 372 g/mol. The summed E-state index contributed by atoms with van der Waals surface area (Å²) in [6.45, 7) is 2.62. The number of allylic oxidation sites excluding steroid dienone is 3. The fourth-order valence-corrected chi connectivity index (χ4v) is 2.80. The summed E-state index contributed by atoms with van der Waals surface area (Å²) in [5, 5.41) is 0. The Hall–Kier alpha value is -3.39. The number of benzene rings is 1. The Labute approximate surface area is 168 Å². The smallest absolute Gasteiger partial charge is 0.330 e. The number of carbonyl (C=O) groups excluding carboxylic acids is 1. The van der Waals surface area contributed by atoms with Gasteiger partial charge in [-0.1, -0.05) is 48.6 Å². The summed E-state index contributed by atoms with van der Waals surface area (Å²) in [4.78, 5) is 41.2. The number of rotatable bonds is 9. The van der Waals surface area contributed by atoms with Crippen molar-refractivity contribution in [3.05, 3.63) is 81.0 Å². The Morgan fingerprint density at radius 2 is 1.97 bits per heavy atom. The van der Waals surface area contributed by atoms with E-state index in [1.807, 2.05) is 37.3 Å². The van der Waals surface area contributed by atoms with Gasteiger partial charge >= 0.3 is 5.69 Å². The van der Waals surface area contributed by atoms with E-state index in [9.17, 15) is 14.4 Å². The van der Waals surface area contributed by atoms with Crippen molar-refractivity contribution in [3.63, 3.8) is 0 Å². The fraction of sp³-hybridized carbons (Fsp3) is 0.286. The summed E-state index contributed by atoms with van der Waals surface area (Å²) in [6, 6.07) is 9.24. The molecule has 3 N–H and O–H groups in total. The van der Waals surface area contributed by atoms with E-state index in [2.05, 4.69) is 4.98 Å². The summed E-state index contributed by atoms with van der Waals surface area (Å²) >= 11 is 0. The monoisotopic (exact) mass is 398 g/mol. The van der Waals surface area contributed by atoms with Gasteiger partial charge in [0.15, 0.2) is 5.69 Å². The Balaban J connectivity index is 2.50. The molecule has 2 rings (SSSR count). The number of nitrogens with two attached hydrogens (primary N) is 1. The highest BCUT2D eigenvalue weighted by atomic mass is 16.5. The number of nitrogens with zero attached hydrogens (tertiary/aromatic N) is 2. The van der Waals surface area contributed by atoms with Gasteiger partial charge in [0, 0.05) is 26.3 Å². The number of anilines is 2. The zero-order valence-electron chi connectivity index (χ0n) is 16.6. The van der Waals surface area contributed by atoms with Crippen molar-refractivity contribution >= 4 is 17.4 Å². The first-order chi connectivity index (χ1) is 14.0. The van der Waals surface area contributed by atoms with Crippen LogP contribution in [-0.2, 0) is 16.1 Å². The van der Waals surface area contributed by atoms with Gasteiger partial charge in [0.05, 0.1) is 6.54 Å². The molecule has 0 aliphatic heterocycles. The van der Waals surface area contributed by atoms with E-state index in [0.717, 1.165) is 5.56 Å². The number of carbonyl (C=O) groups is 1. The molecule has 0 aliphatic carbocycles. The summed E-state index contributed by atoms with van der Waals surface area (Å²) in [5.41, 5.74) is 5.66. The van der Waals surface area contributed by atoms with Crippen LogP contribution in [0.25, 0.3) is 0 Å². The topological polar surface area (TPSA) is 110 Å². The molecule has 8 heteroatoms. The van der Waals surface area contributed by atoms with Crippen LogP contribution in [0.3, 0.4) is 0 Å². The molecule has 0 atom stereocenters. The third-order valence-corrected chi connectivity index (χ3v) is 4.21. The van der Waals surface area contributed by atoms with Crippen LogP contribution in [0.5, 0.6) is 0 Å². The predicted molar refractivity (Wildman–Crippen MR) is 114 cm³/mol. The number of ether oxygens (including phenoxy) is 1. The summed E-state index contributed by atoms with van der Waals surface area (Å²) in [6.07, 6.45) is 6.90. The molecule has 0 radical (unpaired) electrons. The van der Waals surface area contributed by atoms with E-state index >= 15 is 0 Å². The Kier molecular flexibility index (Phi) is 8.17. The first-order valence-electron chi connectivity index (χ1n) is 9.26. The van der Waals surface area contributed by atoms with Gasteiger partial charge in [-0.15, -0.1) is 0 Å². The molecule has 1 heterocycles. The van der Waals surface area contributed by atoms with Gasteiger partial charge in [-0.2, -0.15) is 0 Å². The van der Waals surface area contributed by atoms with E-state index in [0.29, 0.717) is 13.0 Å². The molecule has 8 nitrogen and oxygen atoms in total. The van der Waals surface area contributed by atoms with Crippen LogP contribution in [0.2, 0.25) is 0 Å². The molecule has 29 heavy (non-hydrogen) atoms. The molecule has 1 aromatic carbocycles. The zero-order valence-corrected chi connectivity index (χ0v) is 16.6. The van der Waals surface area contributed by atoms with Gasteiger partial charge in [0.2, 0.25) is 0 Å². The van der Waals surface area contributed by atoms with E-state index in [-0.39, 0.29) is 24.6 Å². The molecule has 2 aromatic rings. The highest BCUT2D eigenvalue weighted by Gasteiger charge is 2.22. The molecule has 1 amide bonds. The van der Waals surface area contributed by atoms with Crippen molar-refractivity contribution in [1.29, 1.82) is 0 Å². The van der Waals surface area contributed by atoms with E-state index in [1.54, 1.807) is 25.3 Å². The fourth-order valence-electron chi connectivity index (χ4n) is 2.80. The highest BCUT2D eigenvalue weighted by Crippen LogP contribution is 2.18. The van der Waals surface area contributed by atoms with Crippen molar-refractivity contribution in [2.75, 3.05) is 30.9 Å². The first-order valence-corrected chi connectivity index (χ1v) is 9.26. The Morgan fingerprint density at radius 3 is 2.62 bits per heavy atom. The second-order valence-corrected chi connectivity index (χ2v) is 6.29. The maximum Gasteiger partial charge on any atom is 0.330 e. The minimum Gasteiger partial charge on any atom is -0.385 e. The predicted octanol–water partition coefficient (Wildman–Crippen LogP) is 1.67. The largest absolute Gasteiger partial charge is 0.385 e. The first kappa shape index (κ1) is 21.9. The molecular formula is C21H26N4O4. The minimum atomic E-state index is -0.706. The van der Waals surface area contributed by atoms with Crippen LogP contribution in [0, 0.1) is 0 Å². The van der Waals surface area contributed by atoms with Crippen LogP contribution in [0.1, 0.15) is 18.9 Å². The van der Waals surface area contributed by atoms with Crippen molar-refractivity contribution in [2.45, 2.75) is 19.9 Å². The number of aromatic amines is 1. The van der Waals surface area contributed by atoms with Gasteiger partial charge in [-0.3, -0.25) is 19.1 Å². The molecule has 1 aromatic heterocycles. The standard InChI is InChI=1S/C21H26N4O4/c1-3-4-6-12-17(26)24(13-9-14-29-2)18-19(22)25(21(28)23-20(18)27)15-16-10-7-5-8-11-16/h3-8,10-12H,9,13-15,22H2,1-2H3,(H,23,27,28). The molecule has 0 fully saturated rings. The number of amides is 1. The molecule has 154 valence electrons. The van der Waals surface area contributed by atoms with Gasteiger partial charge < -0.3 is 15.4 Å². The van der Waals surface area contributed by atoms with E-state index in [4.69, 9.17) is 10.5 Å². The van der Waals surface area contributed by atoms with Crippen LogP contribution >= 0.6 is 0 Å². The lowest BCUT2D eigenvalue weighted by molar-refractivity contribution is -0.114. The number of aromatic nitrogens is 2. The summed E-state index contributed by atoms with van der Waals surface area (Å²) in [5.74, 6) is -0.478. The van der Waals surface area contributed by atoms with Crippen LogP contribution < -0.4 is 21.9 Å². The maximum absolute atomic E-state index is 12.7. The summed E-state index contributed by atoms with van der Waals surface area (Å²) in [7, 11) is 1.55. The van der Waals surface area contributed by atoms with Crippen molar-refractivity contribution in [3.8, 4) is 0 Å². The average Bonchev–Trinajstić information content (AvgIpc) is 2.71. The minimum absolute atomic E-state index is 0.0493. The van der Waals surface area contributed by atoms with Gasteiger partial charge in [-0.25, -0.2) is 4.79 Å². The van der Waals surface area contributed by atoms with Gasteiger partial charge in [0.25, 0.3) is 11.5 Å². The maximum atomic E-state index is 12.7. The molecule has 0 saturated heterocycles. The average molecular weight is 398 g/mol. The molecule has 0 bridgehead atoms. The number of hydrogen-bond donors (Lipinski definition) is 2. The third kappa shape index (κ3) is 5.79. The number of nitrogen functional groups attached to an aromatic ring is 1. The second-order valence-electron chi connectivity index (χ2n) is 6.29. The Bertz CT molecular complexity index is 990. The molecule has 0 spiro atoms. The van der Waals surface area contributed by atoms with Crippen LogP contribution in [-0.4, -0.2) is 35.7 Å². The lowest BCUT2D eigenvalue weighted by Gasteiger charge is -2.23. The number of nitrogens with one attached hydrogen (secondary N) is 1. The van der Waals surface area contributed by atoms with Crippen molar-refractivity contribution < 1.29 is 9.53 Å². The lowest BCUT2D eigenvalue weighted by atomic mass is 10.2. The van der Waals surface area contributed by atoms with Gasteiger partial charge in [-0.05, 0) is 18.9 Å². The molecule has 0 unspecified atom stereocenters. The van der Waals surface area contributed by atoms with Crippen molar-refractivity contribution in [2.24, 2.45) is 0 Å². The molecule has 0 saturated carbocycles. The van der Waals surface area contributed by atoms with Gasteiger partial charge in [0.1, 0.15) is 5.82 Å². The van der Waals surface area contributed by atoms with Crippen LogP contribution in [0.15, 0.2) is 64.2 Å². The number of hydrogen-bond acceptors (Lipinski definition) is 5. The zero-order chi connectivity index (χ0) is 21.2. The second kappa shape index (κ2) is 10.8. The SMILES string of the molecule is CC=CC=CC(=O)N(CCCOC)c1c(N)n(Cc2ccccc2)c(=O)[nH]c1=O. The van der Waals surface area contributed by atoms with Crippen LogP contribution in [0.4, 0.5) is 11.5 Å². The molecule has 0 aliphatic rings. The third-order valence-electron chi connectivity index (χ3n) is 4.21. The van der Waals surface area contributed by atoms with E-state index in [1.165, 1.54) is 15.5 Å². The highest BCUT2D eigenvalue weighted by molar-refractivity contribution is 6.03. The quantitative estimate of drug-likeness (QED) is 0.379. The van der Waals surface area contributed by atoms with Crippen molar-refractivity contribution in [1.82, 2.24) is 9.55 Å². The number of methoxy groups -OCH3 is 1. The summed E-state index contributed by atoms with van der Waals surface area (Å²) < 4.78 is 6.30. The lowest BCUT2D eigenvalue weighted by Crippen LogP contribution is -2.41. The normalized spacial score (nSPS) is 11.4. The Morgan fingerprint density at radius 1 is 1.24 bits per heavy atom. The number of H-pyrrole nitrogens is 1. The van der Waals surface area contributed by atoms with E-state index < -0.39 is 17.2 Å².